The zero-order valence-electron chi connectivity index (χ0n) is 17.7. The molecule has 0 bridgehead atoms. The van der Waals surface area contributed by atoms with Crippen molar-refractivity contribution in [1.82, 2.24) is 24.4 Å². The van der Waals surface area contributed by atoms with E-state index in [9.17, 15) is 0 Å². The molecule has 1 atom stereocenters. The molecular formula is C25H27N5. The van der Waals surface area contributed by atoms with Crippen LogP contribution in [-0.2, 0) is 6.54 Å². The van der Waals surface area contributed by atoms with Crippen LogP contribution in [0, 0.1) is 0 Å². The highest BCUT2D eigenvalue weighted by Crippen LogP contribution is 2.36. The highest BCUT2D eigenvalue weighted by Gasteiger charge is 2.25. The molecule has 5 nitrogen and oxygen atoms in total. The minimum Gasteiger partial charge on any atom is -0.352 e. The van der Waals surface area contributed by atoms with E-state index in [1.54, 1.807) is 6.20 Å². The van der Waals surface area contributed by atoms with Gasteiger partial charge in [0.1, 0.15) is 5.82 Å². The second-order valence-electron chi connectivity index (χ2n) is 7.65. The first-order valence-electron chi connectivity index (χ1n) is 10.2. The van der Waals surface area contributed by atoms with E-state index in [2.05, 4.69) is 87.8 Å². The molecule has 0 aliphatic carbocycles. The van der Waals surface area contributed by atoms with Crippen LogP contribution in [0.4, 0.5) is 0 Å². The Kier molecular flexibility index (Phi) is 5.89. The van der Waals surface area contributed by atoms with Crippen LogP contribution in [0.15, 0.2) is 90.6 Å². The Morgan fingerprint density at radius 1 is 1.03 bits per heavy atom. The van der Waals surface area contributed by atoms with Crippen molar-refractivity contribution in [3.05, 3.63) is 108 Å². The maximum Gasteiger partial charge on any atom is 0.139 e. The van der Waals surface area contributed by atoms with Crippen LogP contribution in [0.5, 0.6) is 0 Å². The summed E-state index contributed by atoms with van der Waals surface area (Å²) in [6, 6.07) is 10.5. The summed E-state index contributed by atoms with van der Waals surface area (Å²) in [5.74, 6) is 0.973. The van der Waals surface area contributed by atoms with Crippen molar-refractivity contribution in [2.45, 2.75) is 32.7 Å². The van der Waals surface area contributed by atoms with E-state index in [-0.39, 0.29) is 5.92 Å². The maximum absolute atomic E-state index is 4.51. The Labute approximate surface area is 178 Å². The molecule has 5 heteroatoms. The fraction of sp³-hybridized carbons (Fsp3) is 0.240. The lowest BCUT2D eigenvalue weighted by atomic mass is 9.89. The van der Waals surface area contributed by atoms with Crippen molar-refractivity contribution in [1.29, 1.82) is 0 Å². The highest BCUT2D eigenvalue weighted by atomic mass is 15.1. The molecule has 3 aromatic rings. The number of hydrogen-bond donors (Lipinski definition) is 0. The molecule has 1 aliphatic rings. The molecule has 1 unspecified atom stereocenters. The third kappa shape index (κ3) is 4.40. The molecule has 0 saturated carbocycles. The van der Waals surface area contributed by atoms with Crippen LogP contribution >= 0.6 is 0 Å². The Bertz CT molecular complexity index is 1060. The zero-order chi connectivity index (χ0) is 20.9. The van der Waals surface area contributed by atoms with Gasteiger partial charge in [-0.05, 0) is 43.0 Å². The number of hydrogen-bond acceptors (Lipinski definition) is 4. The largest absolute Gasteiger partial charge is 0.352 e. The van der Waals surface area contributed by atoms with Crippen molar-refractivity contribution in [2.75, 3.05) is 7.05 Å². The van der Waals surface area contributed by atoms with E-state index >= 15 is 0 Å². The first-order valence-corrected chi connectivity index (χ1v) is 10.2. The monoisotopic (exact) mass is 397 g/mol. The van der Waals surface area contributed by atoms with Gasteiger partial charge in [0.25, 0.3) is 0 Å². The average Bonchev–Trinajstić information content (AvgIpc) is 3.28. The normalized spacial score (nSPS) is 17.0. The number of aromatic nitrogens is 4. The van der Waals surface area contributed by atoms with Crippen LogP contribution in [0.3, 0.4) is 0 Å². The SMILES string of the molecule is CC1=CC(c2ncccn2)C(CC=Cc2ccc(Cn3ccnc3)cc2)=C(C)N1C. The van der Waals surface area contributed by atoms with E-state index in [0.29, 0.717) is 0 Å². The molecule has 0 saturated heterocycles. The predicted molar refractivity (Wildman–Crippen MR) is 120 cm³/mol. The summed E-state index contributed by atoms with van der Waals surface area (Å²) in [6.45, 7) is 5.16. The molecule has 0 spiro atoms. The quantitative estimate of drug-likeness (QED) is 0.585. The summed E-state index contributed by atoms with van der Waals surface area (Å²) >= 11 is 0. The number of allylic oxidation sites excluding steroid dienone is 5. The Morgan fingerprint density at radius 3 is 2.50 bits per heavy atom. The number of imidazole rings is 1. The standard InChI is InChI=1S/C25H27N5/c1-19-16-24(25-27-12-5-13-28-25)23(20(2)29(19)3)7-4-6-21-8-10-22(11-9-21)17-30-15-14-26-18-30/h4-6,8-16,18,24H,7,17H2,1-3H3. The molecule has 30 heavy (non-hydrogen) atoms. The van der Waals surface area contributed by atoms with Gasteiger partial charge in [-0.3, -0.25) is 0 Å². The molecule has 152 valence electrons. The van der Waals surface area contributed by atoms with E-state index in [1.807, 2.05) is 31.0 Å². The molecule has 4 rings (SSSR count). The van der Waals surface area contributed by atoms with Crippen molar-refractivity contribution in [3.8, 4) is 0 Å². The summed E-state index contributed by atoms with van der Waals surface area (Å²) in [7, 11) is 2.12. The van der Waals surface area contributed by atoms with E-state index in [4.69, 9.17) is 0 Å². The van der Waals surface area contributed by atoms with Gasteiger partial charge in [0.2, 0.25) is 0 Å². The van der Waals surface area contributed by atoms with Gasteiger partial charge in [-0.2, -0.15) is 0 Å². The molecule has 2 aromatic heterocycles. The molecule has 1 aliphatic heterocycles. The van der Waals surface area contributed by atoms with Crippen LogP contribution in [0.1, 0.15) is 43.1 Å². The van der Waals surface area contributed by atoms with Gasteiger partial charge in [0, 0.05) is 49.8 Å². The Balaban J connectivity index is 1.48. The van der Waals surface area contributed by atoms with E-state index in [0.717, 1.165) is 18.8 Å². The summed E-state index contributed by atoms with van der Waals surface area (Å²) < 4.78 is 2.07. The van der Waals surface area contributed by atoms with E-state index < -0.39 is 0 Å². The summed E-state index contributed by atoms with van der Waals surface area (Å²) in [5.41, 5.74) is 6.30. The first-order chi connectivity index (χ1) is 14.6. The van der Waals surface area contributed by atoms with Crippen LogP contribution in [-0.4, -0.2) is 31.5 Å². The number of rotatable bonds is 6. The lowest BCUT2D eigenvalue weighted by Gasteiger charge is -2.32. The minimum atomic E-state index is 0.115. The van der Waals surface area contributed by atoms with Crippen molar-refractivity contribution in [2.24, 2.45) is 0 Å². The van der Waals surface area contributed by atoms with Gasteiger partial charge < -0.3 is 9.47 Å². The highest BCUT2D eigenvalue weighted by molar-refractivity contribution is 5.51. The second kappa shape index (κ2) is 8.91. The van der Waals surface area contributed by atoms with Crippen LogP contribution in [0.25, 0.3) is 6.08 Å². The average molecular weight is 398 g/mol. The third-order valence-electron chi connectivity index (χ3n) is 5.70. The minimum absolute atomic E-state index is 0.115. The number of benzene rings is 1. The number of nitrogens with zero attached hydrogens (tertiary/aromatic N) is 5. The lowest BCUT2D eigenvalue weighted by Crippen LogP contribution is -2.23. The second-order valence-corrected chi connectivity index (χ2v) is 7.65. The molecule has 0 amide bonds. The van der Waals surface area contributed by atoms with Gasteiger partial charge in [-0.1, -0.05) is 42.5 Å². The molecule has 3 heterocycles. The van der Waals surface area contributed by atoms with Gasteiger partial charge in [0.05, 0.1) is 12.2 Å². The van der Waals surface area contributed by atoms with Gasteiger partial charge in [-0.15, -0.1) is 0 Å². The Morgan fingerprint density at radius 2 is 1.80 bits per heavy atom. The topological polar surface area (TPSA) is 46.8 Å². The lowest BCUT2D eigenvalue weighted by molar-refractivity contribution is 0.486. The first kappa shape index (κ1) is 19.8. The third-order valence-corrected chi connectivity index (χ3v) is 5.70. The zero-order valence-corrected chi connectivity index (χ0v) is 17.7. The van der Waals surface area contributed by atoms with Gasteiger partial charge >= 0.3 is 0 Å². The smallest absolute Gasteiger partial charge is 0.139 e. The van der Waals surface area contributed by atoms with Crippen molar-refractivity contribution >= 4 is 6.08 Å². The maximum atomic E-state index is 4.51. The molecule has 0 fully saturated rings. The van der Waals surface area contributed by atoms with Crippen molar-refractivity contribution in [3.63, 3.8) is 0 Å². The van der Waals surface area contributed by atoms with Gasteiger partial charge in [0.15, 0.2) is 0 Å². The van der Waals surface area contributed by atoms with Crippen LogP contribution < -0.4 is 0 Å². The van der Waals surface area contributed by atoms with E-state index in [1.165, 1.54) is 28.1 Å². The summed E-state index contributed by atoms with van der Waals surface area (Å²) in [4.78, 5) is 15.4. The Hall–Kier alpha value is -3.47. The molecule has 1 aromatic carbocycles. The summed E-state index contributed by atoms with van der Waals surface area (Å²) in [5, 5.41) is 0. The summed E-state index contributed by atoms with van der Waals surface area (Å²) in [6.07, 6.45) is 16.8. The van der Waals surface area contributed by atoms with Gasteiger partial charge in [-0.25, -0.2) is 15.0 Å². The van der Waals surface area contributed by atoms with Crippen LogP contribution in [0.2, 0.25) is 0 Å². The molecule has 0 N–H and O–H groups in total. The van der Waals surface area contributed by atoms with Crippen molar-refractivity contribution < 1.29 is 0 Å². The molecular weight excluding hydrogens is 370 g/mol. The predicted octanol–water partition coefficient (Wildman–Crippen LogP) is 5.03. The molecule has 0 radical (unpaired) electrons. The fourth-order valence-electron chi connectivity index (χ4n) is 3.78. The fourth-order valence-corrected chi connectivity index (χ4v) is 3.78.